The zero-order valence-corrected chi connectivity index (χ0v) is 12.8. The number of hydrogen-bond donors (Lipinski definition) is 0. The molecular weight excluding hydrogens is 234 g/mol. The third-order valence-electron chi connectivity index (χ3n) is 3.71. The van der Waals surface area contributed by atoms with Crippen LogP contribution in [0.1, 0.15) is 63.7 Å². The lowest BCUT2D eigenvalue weighted by Gasteiger charge is -2.32. The lowest BCUT2D eigenvalue weighted by molar-refractivity contribution is 0.0988. The number of benzene rings is 1. The highest BCUT2D eigenvalue weighted by Crippen LogP contribution is 2.25. The van der Waals surface area contributed by atoms with Crippen LogP contribution in [0.15, 0.2) is 24.3 Å². The van der Waals surface area contributed by atoms with Crippen molar-refractivity contribution in [1.82, 2.24) is 0 Å². The standard InChI is InChI=1S/C17H27NO/c1-5-8-13-18(14(4)6-2)16-12-10-9-11-15(16)17(19)7-3/h9-12,14H,5-8,13H2,1-4H3. The van der Waals surface area contributed by atoms with Crippen molar-refractivity contribution in [3.63, 3.8) is 0 Å². The first kappa shape index (κ1) is 15.7. The molecule has 106 valence electrons. The maximum absolute atomic E-state index is 12.1. The SMILES string of the molecule is CCCCN(c1ccccc1C(=O)CC)C(C)CC. The number of unbranched alkanes of at least 4 members (excludes halogenated alkanes) is 1. The van der Waals surface area contributed by atoms with Crippen LogP contribution >= 0.6 is 0 Å². The molecule has 2 nitrogen and oxygen atoms in total. The average Bonchev–Trinajstić information content (AvgIpc) is 2.46. The van der Waals surface area contributed by atoms with Crippen LogP contribution in [0.5, 0.6) is 0 Å². The Bertz CT molecular complexity index is 400. The number of hydrogen-bond acceptors (Lipinski definition) is 2. The molecule has 1 rings (SSSR count). The molecule has 1 aromatic rings. The molecule has 0 heterocycles. The molecule has 0 aliphatic carbocycles. The van der Waals surface area contributed by atoms with E-state index in [0.29, 0.717) is 12.5 Å². The summed E-state index contributed by atoms with van der Waals surface area (Å²) < 4.78 is 0. The van der Waals surface area contributed by atoms with Gasteiger partial charge >= 0.3 is 0 Å². The normalized spacial score (nSPS) is 12.2. The molecule has 0 saturated heterocycles. The Morgan fingerprint density at radius 2 is 1.89 bits per heavy atom. The largest absolute Gasteiger partial charge is 0.368 e. The van der Waals surface area contributed by atoms with Crippen LogP contribution in [0.25, 0.3) is 0 Å². The van der Waals surface area contributed by atoms with Gasteiger partial charge in [-0.15, -0.1) is 0 Å². The van der Waals surface area contributed by atoms with Gasteiger partial charge in [-0.25, -0.2) is 0 Å². The summed E-state index contributed by atoms with van der Waals surface area (Å²) in [5, 5.41) is 0. The van der Waals surface area contributed by atoms with Crippen LogP contribution in [0.3, 0.4) is 0 Å². The average molecular weight is 261 g/mol. The van der Waals surface area contributed by atoms with E-state index < -0.39 is 0 Å². The second-order valence-corrected chi connectivity index (χ2v) is 5.10. The molecule has 1 aromatic carbocycles. The third-order valence-corrected chi connectivity index (χ3v) is 3.71. The highest BCUT2D eigenvalue weighted by atomic mass is 16.1. The van der Waals surface area contributed by atoms with Crippen molar-refractivity contribution >= 4 is 11.5 Å². The van der Waals surface area contributed by atoms with E-state index >= 15 is 0 Å². The summed E-state index contributed by atoms with van der Waals surface area (Å²) in [5.74, 6) is 0.236. The number of carbonyl (C=O) groups is 1. The van der Waals surface area contributed by atoms with Crippen molar-refractivity contribution in [3.8, 4) is 0 Å². The molecule has 0 spiro atoms. The van der Waals surface area contributed by atoms with Crippen molar-refractivity contribution in [2.24, 2.45) is 0 Å². The first-order valence-corrected chi connectivity index (χ1v) is 7.54. The van der Waals surface area contributed by atoms with E-state index in [0.717, 1.165) is 24.2 Å². The Labute approximate surface area is 117 Å². The Morgan fingerprint density at radius 1 is 1.21 bits per heavy atom. The monoisotopic (exact) mass is 261 g/mol. The van der Waals surface area contributed by atoms with Gasteiger partial charge in [0.05, 0.1) is 0 Å². The van der Waals surface area contributed by atoms with Crippen LogP contribution in [-0.4, -0.2) is 18.4 Å². The van der Waals surface area contributed by atoms with E-state index in [4.69, 9.17) is 0 Å². The van der Waals surface area contributed by atoms with Gasteiger partial charge in [-0.05, 0) is 31.9 Å². The molecular formula is C17H27NO. The summed E-state index contributed by atoms with van der Waals surface area (Å²) in [6.07, 6.45) is 4.01. The summed E-state index contributed by atoms with van der Waals surface area (Å²) in [6, 6.07) is 8.51. The Kier molecular flexibility index (Phi) is 6.61. The molecule has 0 radical (unpaired) electrons. The number of Topliss-reactive ketones (excluding diaryl/α,β-unsaturated/α-hetero) is 1. The number of nitrogens with zero attached hydrogens (tertiary/aromatic N) is 1. The van der Waals surface area contributed by atoms with Gasteiger partial charge < -0.3 is 4.90 Å². The highest BCUT2D eigenvalue weighted by Gasteiger charge is 2.18. The number of anilines is 1. The summed E-state index contributed by atoms with van der Waals surface area (Å²) in [5.41, 5.74) is 1.98. The molecule has 0 fully saturated rings. The molecule has 0 N–H and O–H groups in total. The van der Waals surface area contributed by atoms with E-state index in [1.807, 2.05) is 25.1 Å². The van der Waals surface area contributed by atoms with Crippen molar-refractivity contribution in [2.45, 2.75) is 59.4 Å². The van der Waals surface area contributed by atoms with E-state index in [-0.39, 0.29) is 5.78 Å². The Hall–Kier alpha value is -1.31. The first-order valence-electron chi connectivity index (χ1n) is 7.54. The first-order chi connectivity index (χ1) is 9.15. The fourth-order valence-electron chi connectivity index (χ4n) is 2.28. The van der Waals surface area contributed by atoms with Crippen LogP contribution in [0, 0.1) is 0 Å². The van der Waals surface area contributed by atoms with E-state index in [1.54, 1.807) is 0 Å². The lowest BCUT2D eigenvalue weighted by Crippen LogP contribution is -2.34. The van der Waals surface area contributed by atoms with Crippen molar-refractivity contribution in [2.75, 3.05) is 11.4 Å². The minimum absolute atomic E-state index is 0.236. The minimum atomic E-state index is 0.236. The minimum Gasteiger partial charge on any atom is -0.368 e. The second kappa shape index (κ2) is 7.98. The molecule has 0 aromatic heterocycles. The Morgan fingerprint density at radius 3 is 2.47 bits per heavy atom. The van der Waals surface area contributed by atoms with Gasteiger partial charge in [-0.1, -0.05) is 39.3 Å². The van der Waals surface area contributed by atoms with Crippen LogP contribution in [0.2, 0.25) is 0 Å². The number of para-hydroxylation sites is 1. The molecule has 19 heavy (non-hydrogen) atoms. The van der Waals surface area contributed by atoms with Crippen molar-refractivity contribution in [1.29, 1.82) is 0 Å². The van der Waals surface area contributed by atoms with E-state index in [1.165, 1.54) is 12.8 Å². The van der Waals surface area contributed by atoms with Gasteiger partial charge in [0.1, 0.15) is 0 Å². The van der Waals surface area contributed by atoms with Crippen LogP contribution in [-0.2, 0) is 0 Å². The van der Waals surface area contributed by atoms with Crippen molar-refractivity contribution in [3.05, 3.63) is 29.8 Å². The Balaban J connectivity index is 3.10. The molecule has 1 atom stereocenters. The van der Waals surface area contributed by atoms with Gasteiger partial charge in [0.2, 0.25) is 0 Å². The van der Waals surface area contributed by atoms with Gasteiger partial charge in [0, 0.05) is 30.3 Å². The molecule has 0 saturated carbocycles. The van der Waals surface area contributed by atoms with E-state index in [2.05, 4.69) is 31.7 Å². The third kappa shape index (κ3) is 4.09. The molecule has 0 amide bonds. The molecule has 1 unspecified atom stereocenters. The van der Waals surface area contributed by atoms with Gasteiger partial charge in [0.15, 0.2) is 5.78 Å². The fourth-order valence-corrected chi connectivity index (χ4v) is 2.28. The predicted molar refractivity (Wildman–Crippen MR) is 83.1 cm³/mol. The van der Waals surface area contributed by atoms with Gasteiger partial charge in [-0.2, -0.15) is 0 Å². The smallest absolute Gasteiger partial charge is 0.164 e. The fraction of sp³-hybridized carbons (Fsp3) is 0.588. The number of rotatable bonds is 8. The van der Waals surface area contributed by atoms with Gasteiger partial charge in [-0.3, -0.25) is 4.79 Å². The van der Waals surface area contributed by atoms with Gasteiger partial charge in [0.25, 0.3) is 0 Å². The lowest BCUT2D eigenvalue weighted by atomic mass is 10.0. The van der Waals surface area contributed by atoms with E-state index in [9.17, 15) is 4.79 Å². The zero-order chi connectivity index (χ0) is 14.3. The van der Waals surface area contributed by atoms with Crippen LogP contribution < -0.4 is 4.90 Å². The highest BCUT2D eigenvalue weighted by molar-refractivity contribution is 6.01. The van der Waals surface area contributed by atoms with Crippen molar-refractivity contribution < 1.29 is 4.79 Å². The molecule has 2 heteroatoms. The maximum atomic E-state index is 12.1. The topological polar surface area (TPSA) is 20.3 Å². The summed E-state index contributed by atoms with van der Waals surface area (Å²) >= 11 is 0. The summed E-state index contributed by atoms with van der Waals surface area (Å²) in [6.45, 7) is 9.60. The molecule has 0 bridgehead atoms. The van der Waals surface area contributed by atoms with Crippen LogP contribution in [0.4, 0.5) is 5.69 Å². The summed E-state index contributed by atoms with van der Waals surface area (Å²) in [7, 11) is 0. The second-order valence-electron chi connectivity index (χ2n) is 5.10. The summed E-state index contributed by atoms with van der Waals surface area (Å²) in [4.78, 5) is 14.5. The maximum Gasteiger partial charge on any atom is 0.164 e. The quantitative estimate of drug-likeness (QED) is 0.633. The molecule has 0 aliphatic heterocycles. The number of ketones is 1. The zero-order valence-electron chi connectivity index (χ0n) is 12.8. The molecule has 0 aliphatic rings. The predicted octanol–water partition coefficient (Wildman–Crippen LogP) is 4.68. The number of carbonyl (C=O) groups excluding carboxylic acids is 1.